The van der Waals surface area contributed by atoms with Gasteiger partial charge in [0.2, 0.25) is 0 Å². The summed E-state index contributed by atoms with van der Waals surface area (Å²) in [5.74, 6) is -0.935. The van der Waals surface area contributed by atoms with Crippen molar-refractivity contribution < 1.29 is 27.4 Å². The van der Waals surface area contributed by atoms with Crippen LogP contribution in [0.2, 0.25) is 0 Å². The van der Waals surface area contributed by atoms with Gasteiger partial charge in [0.1, 0.15) is 5.65 Å². The highest BCUT2D eigenvalue weighted by molar-refractivity contribution is 6.02. The minimum absolute atomic E-state index is 0.0853. The molecule has 0 spiro atoms. The number of alkyl halides is 3. The molecule has 0 aliphatic rings. The first-order valence-electron chi connectivity index (χ1n) is 9.21. The molecule has 5 nitrogen and oxygen atoms in total. The van der Waals surface area contributed by atoms with Gasteiger partial charge in [-0.2, -0.15) is 13.2 Å². The van der Waals surface area contributed by atoms with Crippen LogP contribution in [0.15, 0.2) is 36.4 Å². The van der Waals surface area contributed by atoms with Gasteiger partial charge >= 0.3 is 12.1 Å². The molecule has 0 bridgehead atoms. The Morgan fingerprint density at radius 2 is 1.86 bits per heavy atom. The lowest BCUT2D eigenvalue weighted by Crippen LogP contribution is -2.20. The van der Waals surface area contributed by atoms with Crippen LogP contribution in [-0.4, -0.2) is 34.9 Å². The average molecular weight is 406 g/mol. The number of carbonyl (C=O) groups is 1. The zero-order chi connectivity index (χ0) is 21.2. The maximum Gasteiger partial charge on any atom is 0.422 e. The van der Waals surface area contributed by atoms with E-state index in [9.17, 15) is 18.0 Å². The van der Waals surface area contributed by atoms with Gasteiger partial charge in [-0.3, -0.25) is 0 Å². The summed E-state index contributed by atoms with van der Waals surface area (Å²) in [7, 11) is 1.56. The van der Waals surface area contributed by atoms with E-state index in [1.807, 2.05) is 37.3 Å². The summed E-state index contributed by atoms with van der Waals surface area (Å²) in [6.07, 6.45) is -3.94. The van der Waals surface area contributed by atoms with Crippen LogP contribution in [-0.2, 0) is 18.2 Å². The number of aryl methyl sites for hydroxylation is 2. The van der Waals surface area contributed by atoms with Crippen LogP contribution in [0.1, 0.15) is 30.0 Å². The molecule has 154 valence electrons. The maximum atomic E-state index is 12.8. The molecular weight excluding hydrogens is 385 g/mol. The Labute approximate surface area is 166 Å². The molecule has 3 rings (SSSR count). The Hall–Kier alpha value is -3.03. The Kier molecular flexibility index (Phi) is 5.81. The van der Waals surface area contributed by atoms with Crippen molar-refractivity contribution in [2.24, 2.45) is 7.05 Å². The second kappa shape index (κ2) is 8.14. The first-order chi connectivity index (χ1) is 13.8. The third-order valence-corrected chi connectivity index (χ3v) is 4.46. The number of esters is 1. The number of carbonyl (C=O) groups excluding carboxylic acids is 1. The van der Waals surface area contributed by atoms with Crippen LogP contribution >= 0.6 is 0 Å². The van der Waals surface area contributed by atoms with Gasteiger partial charge in [-0.15, -0.1) is 0 Å². The minimum Gasteiger partial charge on any atom is -0.481 e. The van der Waals surface area contributed by atoms with Crippen molar-refractivity contribution >= 4 is 17.0 Å². The fourth-order valence-electron chi connectivity index (χ4n) is 3.22. The molecule has 0 saturated carbocycles. The summed E-state index contributed by atoms with van der Waals surface area (Å²) in [6, 6.07) is 11.1. The normalized spacial score (nSPS) is 11.7. The summed E-state index contributed by atoms with van der Waals surface area (Å²) in [5.41, 5.74) is 2.69. The fourth-order valence-corrected chi connectivity index (χ4v) is 3.22. The molecule has 0 amide bonds. The molecule has 0 saturated heterocycles. The molecule has 0 fully saturated rings. The number of aromatic nitrogens is 2. The Morgan fingerprint density at radius 1 is 1.17 bits per heavy atom. The van der Waals surface area contributed by atoms with Gasteiger partial charge in [0.25, 0.3) is 0 Å². The molecule has 0 unspecified atom stereocenters. The fraction of sp³-hybridized carbons (Fsp3) is 0.333. The predicted octanol–water partition coefficient (Wildman–Crippen LogP) is 4.92. The molecule has 0 N–H and O–H groups in total. The van der Waals surface area contributed by atoms with E-state index >= 15 is 0 Å². The van der Waals surface area contributed by atoms with Crippen molar-refractivity contribution in [1.82, 2.24) is 9.55 Å². The minimum atomic E-state index is -4.55. The highest BCUT2D eigenvalue weighted by Crippen LogP contribution is 2.37. The summed E-state index contributed by atoms with van der Waals surface area (Å²) in [4.78, 5) is 17.1. The van der Waals surface area contributed by atoms with Crippen LogP contribution in [0.5, 0.6) is 5.75 Å². The van der Waals surface area contributed by atoms with E-state index in [0.717, 1.165) is 16.8 Å². The Morgan fingerprint density at radius 3 is 2.45 bits per heavy atom. The van der Waals surface area contributed by atoms with Crippen LogP contribution < -0.4 is 4.74 Å². The molecule has 29 heavy (non-hydrogen) atoms. The van der Waals surface area contributed by atoms with Crippen LogP contribution in [0, 0.1) is 0 Å². The number of hydrogen-bond acceptors (Lipinski definition) is 4. The van der Waals surface area contributed by atoms with Gasteiger partial charge in [0.05, 0.1) is 17.7 Å². The lowest BCUT2D eigenvalue weighted by molar-refractivity contribution is -0.153. The lowest BCUT2D eigenvalue weighted by Gasteiger charge is -2.11. The van der Waals surface area contributed by atoms with E-state index in [1.54, 1.807) is 20.0 Å². The Bertz CT molecular complexity index is 1030. The third kappa shape index (κ3) is 4.21. The van der Waals surface area contributed by atoms with E-state index in [0.29, 0.717) is 17.5 Å². The zero-order valence-corrected chi connectivity index (χ0v) is 16.3. The highest BCUT2D eigenvalue weighted by atomic mass is 19.4. The van der Waals surface area contributed by atoms with E-state index in [2.05, 4.69) is 4.98 Å². The molecule has 1 aromatic carbocycles. The van der Waals surface area contributed by atoms with Crippen molar-refractivity contribution in [1.29, 1.82) is 0 Å². The van der Waals surface area contributed by atoms with Crippen LogP contribution in [0.25, 0.3) is 22.2 Å². The SMILES string of the molecule is CCOC(=O)c1c(OCC(F)(F)F)c2cc(-c3ccccc3)c(CC)nc2n1C. The quantitative estimate of drug-likeness (QED) is 0.545. The van der Waals surface area contributed by atoms with Crippen LogP contribution in [0.3, 0.4) is 0 Å². The molecule has 0 atom stereocenters. The molecule has 0 aliphatic carbocycles. The monoisotopic (exact) mass is 406 g/mol. The van der Waals surface area contributed by atoms with E-state index < -0.39 is 18.8 Å². The largest absolute Gasteiger partial charge is 0.481 e. The van der Waals surface area contributed by atoms with Crippen molar-refractivity contribution in [3.05, 3.63) is 47.8 Å². The molecule has 2 heterocycles. The van der Waals surface area contributed by atoms with Crippen molar-refractivity contribution in [2.45, 2.75) is 26.4 Å². The van der Waals surface area contributed by atoms with E-state index in [-0.39, 0.29) is 18.1 Å². The molecule has 8 heteroatoms. The maximum absolute atomic E-state index is 12.8. The van der Waals surface area contributed by atoms with Gasteiger partial charge < -0.3 is 14.0 Å². The van der Waals surface area contributed by atoms with Crippen LogP contribution in [0.4, 0.5) is 13.2 Å². The summed E-state index contributed by atoms with van der Waals surface area (Å²) in [6.45, 7) is 2.13. The van der Waals surface area contributed by atoms with Crippen molar-refractivity contribution in [3.8, 4) is 16.9 Å². The predicted molar refractivity (Wildman–Crippen MR) is 103 cm³/mol. The molecule has 3 aromatic rings. The van der Waals surface area contributed by atoms with Crippen molar-refractivity contribution in [3.63, 3.8) is 0 Å². The van der Waals surface area contributed by atoms with Crippen molar-refractivity contribution in [2.75, 3.05) is 13.2 Å². The number of benzene rings is 1. The standard InChI is InChI=1S/C21H21F3N2O3/c1-4-16-14(13-9-7-6-8-10-13)11-15-18(29-12-21(22,23)24)17(20(27)28-5-2)26(3)19(15)25-16/h6-11H,4-5,12H2,1-3H3. The zero-order valence-electron chi connectivity index (χ0n) is 16.3. The summed E-state index contributed by atoms with van der Waals surface area (Å²) < 4.78 is 50.0. The number of hydrogen-bond donors (Lipinski definition) is 0. The number of rotatable bonds is 6. The Balaban J connectivity index is 2.27. The van der Waals surface area contributed by atoms with Gasteiger partial charge in [-0.1, -0.05) is 37.3 Å². The topological polar surface area (TPSA) is 53.4 Å². The number of nitrogens with zero attached hydrogens (tertiary/aromatic N) is 2. The first kappa shape index (κ1) is 20.7. The van der Waals surface area contributed by atoms with E-state index in [1.165, 1.54) is 4.57 Å². The smallest absolute Gasteiger partial charge is 0.422 e. The van der Waals surface area contributed by atoms with Gasteiger partial charge in [-0.25, -0.2) is 9.78 Å². The summed E-state index contributed by atoms with van der Waals surface area (Å²) in [5, 5.41) is 0.329. The van der Waals surface area contributed by atoms with Gasteiger partial charge in [0.15, 0.2) is 18.1 Å². The molecule has 0 aliphatic heterocycles. The number of pyridine rings is 1. The highest BCUT2D eigenvalue weighted by Gasteiger charge is 2.32. The first-order valence-corrected chi connectivity index (χ1v) is 9.21. The van der Waals surface area contributed by atoms with Gasteiger partial charge in [-0.05, 0) is 25.0 Å². The molecule has 0 radical (unpaired) electrons. The second-order valence-electron chi connectivity index (χ2n) is 6.43. The second-order valence-corrected chi connectivity index (χ2v) is 6.43. The molecular formula is C21H21F3N2O3. The summed E-state index contributed by atoms with van der Waals surface area (Å²) >= 11 is 0. The lowest BCUT2D eigenvalue weighted by atomic mass is 10.0. The van der Waals surface area contributed by atoms with E-state index in [4.69, 9.17) is 9.47 Å². The third-order valence-electron chi connectivity index (χ3n) is 4.46. The van der Waals surface area contributed by atoms with Gasteiger partial charge in [0, 0.05) is 12.6 Å². The number of halogens is 3. The molecule has 2 aromatic heterocycles. The number of fused-ring (bicyclic) bond motifs is 1. The average Bonchev–Trinajstić information content (AvgIpc) is 2.97. The number of ether oxygens (including phenoxy) is 2.